The van der Waals surface area contributed by atoms with E-state index in [1.54, 1.807) is 0 Å². The zero-order valence-corrected chi connectivity index (χ0v) is 12.8. The largest absolute Gasteiger partial charge is 0.388 e. The lowest BCUT2D eigenvalue weighted by Gasteiger charge is -2.35. The monoisotopic (exact) mass is 283 g/mol. The summed E-state index contributed by atoms with van der Waals surface area (Å²) in [6, 6.07) is 1.45. The van der Waals surface area contributed by atoms with Gasteiger partial charge in [0.2, 0.25) is 0 Å². The smallest absolute Gasteiger partial charge is 0.273 e. The first-order valence-electron chi connectivity index (χ1n) is 6.96. The van der Waals surface area contributed by atoms with E-state index in [0.717, 1.165) is 19.4 Å². The second-order valence-corrected chi connectivity index (χ2v) is 5.61. The summed E-state index contributed by atoms with van der Waals surface area (Å²) in [5.41, 5.74) is 0.0648. The van der Waals surface area contributed by atoms with Crippen LogP contribution < -0.4 is 5.32 Å². The van der Waals surface area contributed by atoms with E-state index in [-0.39, 0.29) is 29.5 Å². The molecule has 6 nitrogen and oxygen atoms in total. The van der Waals surface area contributed by atoms with Gasteiger partial charge in [-0.3, -0.25) is 9.69 Å². The Hall–Kier alpha value is -1.40. The summed E-state index contributed by atoms with van der Waals surface area (Å²) in [6.07, 6.45) is 2.28. The van der Waals surface area contributed by atoms with Gasteiger partial charge in [-0.25, -0.2) is 0 Å². The minimum atomic E-state index is -0.287. The van der Waals surface area contributed by atoms with Crippen LogP contribution in [-0.2, 0) is 6.61 Å². The Morgan fingerprint density at radius 3 is 2.80 bits per heavy atom. The van der Waals surface area contributed by atoms with Gasteiger partial charge >= 0.3 is 0 Å². The SMILES string of the molecule is CCCCN(C)C(C)(C)CNC(=O)c1cc(CO)on1. The Morgan fingerprint density at radius 1 is 1.55 bits per heavy atom. The highest BCUT2D eigenvalue weighted by atomic mass is 16.5. The highest BCUT2D eigenvalue weighted by Gasteiger charge is 2.24. The van der Waals surface area contributed by atoms with Crippen LogP contribution in [0.1, 0.15) is 49.9 Å². The molecule has 0 aliphatic carbocycles. The number of aromatic nitrogens is 1. The first-order valence-corrected chi connectivity index (χ1v) is 6.96. The maximum atomic E-state index is 11.9. The van der Waals surface area contributed by atoms with Crippen molar-refractivity contribution >= 4 is 5.91 Å². The quantitative estimate of drug-likeness (QED) is 0.754. The third-order valence-electron chi connectivity index (χ3n) is 3.51. The lowest BCUT2D eigenvalue weighted by atomic mass is 10.0. The van der Waals surface area contributed by atoms with Crippen LogP contribution in [0.15, 0.2) is 10.6 Å². The van der Waals surface area contributed by atoms with Crippen LogP contribution in [0.2, 0.25) is 0 Å². The Bertz CT molecular complexity index is 429. The van der Waals surface area contributed by atoms with E-state index in [2.05, 4.69) is 43.2 Å². The fourth-order valence-electron chi connectivity index (χ4n) is 1.71. The van der Waals surface area contributed by atoms with Crippen LogP contribution in [0.4, 0.5) is 0 Å². The van der Waals surface area contributed by atoms with E-state index in [0.29, 0.717) is 6.54 Å². The second kappa shape index (κ2) is 7.40. The Labute approximate surface area is 120 Å². The molecule has 0 saturated carbocycles. The van der Waals surface area contributed by atoms with E-state index >= 15 is 0 Å². The van der Waals surface area contributed by atoms with Gasteiger partial charge in [-0.1, -0.05) is 18.5 Å². The number of likely N-dealkylation sites (N-methyl/N-ethyl adjacent to an activating group) is 1. The molecular formula is C14H25N3O3. The second-order valence-electron chi connectivity index (χ2n) is 5.61. The number of amides is 1. The standard InChI is InChI=1S/C14H25N3O3/c1-5-6-7-17(4)14(2,3)10-15-13(19)12-8-11(9-18)20-16-12/h8,18H,5-7,9-10H2,1-4H3,(H,15,19). The molecule has 20 heavy (non-hydrogen) atoms. The number of unbranched alkanes of at least 4 members (excludes halogenated alkanes) is 1. The van der Waals surface area contributed by atoms with E-state index in [9.17, 15) is 4.79 Å². The number of hydrogen-bond acceptors (Lipinski definition) is 5. The minimum absolute atomic E-state index is 0.131. The molecular weight excluding hydrogens is 258 g/mol. The van der Waals surface area contributed by atoms with E-state index in [1.165, 1.54) is 6.07 Å². The summed E-state index contributed by atoms with van der Waals surface area (Å²) in [5, 5.41) is 15.3. The molecule has 1 aromatic rings. The van der Waals surface area contributed by atoms with Crippen molar-refractivity contribution in [3.63, 3.8) is 0 Å². The zero-order valence-electron chi connectivity index (χ0n) is 12.8. The molecule has 1 amide bonds. The Morgan fingerprint density at radius 2 is 2.25 bits per heavy atom. The number of carbonyl (C=O) groups excluding carboxylic acids is 1. The predicted molar refractivity (Wildman–Crippen MR) is 76.4 cm³/mol. The van der Waals surface area contributed by atoms with Crippen LogP contribution in [0.25, 0.3) is 0 Å². The van der Waals surface area contributed by atoms with Gasteiger partial charge in [0.15, 0.2) is 11.5 Å². The lowest BCUT2D eigenvalue weighted by molar-refractivity contribution is 0.0893. The van der Waals surface area contributed by atoms with Gasteiger partial charge in [-0.05, 0) is 33.9 Å². The minimum Gasteiger partial charge on any atom is -0.388 e. The van der Waals surface area contributed by atoms with Gasteiger partial charge in [0.1, 0.15) is 6.61 Å². The summed E-state index contributed by atoms with van der Waals surface area (Å²) in [6.45, 7) is 7.60. The Balaban J connectivity index is 2.50. The van der Waals surface area contributed by atoms with Crippen molar-refractivity contribution in [1.82, 2.24) is 15.4 Å². The molecule has 0 aliphatic rings. The lowest BCUT2D eigenvalue weighted by Crippen LogP contribution is -2.50. The molecule has 0 unspecified atom stereocenters. The summed E-state index contributed by atoms with van der Waals surface area (Å²) in [4.78, 5) is 14.2. The highest BCUT2D eigenvalue weighted by molar-refractivity contribution is 5.92. The molecule has 0 radical (unpaired) electrons. The molecule has 0 aliphatic heterocycles. The molecule has 1 rings (SSSR count). The van der Waals surface area contributed by atoms with Gasteiger partial charge in [0.25, 0.3) is 5.91 Å². The van der Waals surface area contributed by atoms with Gasteiger partial charge in [-0.15, -0.1) is 0 Å². The van der Waals surface area contributed by atoms with Crippen molar-refractivity contribution < 1.29 is 14.4 Å². The zero-order chi connectivity index (χ0) is 15.2. The van der Waals surface area contributed by atoms with Crippen LogP contribution in [-0.4, -0.2) is 46.7 Å². The predicted octanol–water partition coefficient (Wildman–Crippen LogP) is 1.41. The van der Waals surface area contributed by atoms with E-state index < -0.39 is 0 Å². The average Bonchev–Trinajstić information content (AvgIpc) is 2.91. The third-order valence-corrected chi connectivity index (χ3v) is 3.51. The number of nitrogens with one attached hydrogen (secondary N) is 1. The van der Waals surface area contributed by atoms with Crippen molar-refractivity contribution in [2.24, 2.45) is 0 Å². The molecule has 1 aromatic heterocycles. The number of aliphatic hydroxyl groups is 1. The number of rotatable bonds is 8. The number of nitrogens with zero attached hydrogens (tertiary/aromatic N) is 2. The van der Waals surface area contributed by atoms with Crippen molar-refractivity contribution in [2.75, 3.05) is 20.1 Å². The van der Waals surface area contributed by atoms with Crippen LogP contribution >= 0.6 is 0 Å². The van der Waals surface area contributed by atoms with Crippen LogP contribution in [0, 0.1) is 0 Å². The molecule has 0 aromatic carbocycles. The van der Waals surface area contributed by atoms with Crippen molar-refractivity contribution in [3.05, 3.63) is 17.5 Å². The van der Waals surface area contributed by atoms with Crippen molar-refractivity contribution in [2.45, 2.75) is 45.8 Å². The third kappa shape index (κ3) is 4.61. The molecule has 0 atom stereocenters. The number of carbonyl (C=O) groups is 1. The summed E-state index contributed by atoms with van der Waals surface area (Å²) in [7, 11) is 2.06. The highest BCUT2D eigenvalue weighted by Crippen LogP contribution is 2.12. The summed E-state index contributed by atoms with van der Waals surface area (Å²) >= 11 is 0. The summed E-state index contributed by atoms with van der Waals surface area (Å²) in [5.74, 6) is -0.000101. The topological polar surface area (TPSA) is 78.6 Å². The van der Waals surface area contributed by atoms with Crippen LogP contribution in [0.5, 0.6) is 0 Å². The normalized spacial score (nSPS) is 11.9. The molecule has 1 heterocycles. The van der Waals surface area contributed by atoms with Gasteiger partial charge in [0.05, 0.1) is 0 Å². The molecule has 0 fully saturated rings. The molecule has 6 heteroatoms. The van der Waals surface area contributed by atoms with Gasteiger partial charge in [-0.2, -0.15) is 0 Å². The maximum absolute atomic E-state index is 11.9. The fraction of sp³-hybridized carbons (Fsp3) is 0.714. The summed E-state index contributed by atoms with van der Waals surface area (Å²) < 4.78 is 4.80. The van der Waals surface area contributed by atoms with Crippen LogP contribution in [0.3, 0.4) is 0 Å². The first kappa shape index (κ1) is 16.7. The molecule has 2 N–H and O–H groups in total. The number of hydrogen-bond donors (Lipinski definition) is 2. The molecule has 0 spiro atoms. The van der Waals surface area contributed by atoms with Crippen molar-refractivity contribution in [1.29, 1.82) is 0 Å². The average molecular weight is 283 g/mol. The van der Waals surface area contributed by atoms with Gasteiger partial charge < -0.3 is 14.9 Å². The van der Waals surface area contributed by atoms with E-state index in [1.807, 2.05) is 0 Å². The van der Waals surface area contributed by atoms with Crippen molar-refractivity contribution in [3.8, 4) is 0 Å². The Kier molecular flexibility index (Phi) is 6.16. The van der Waals surface area contributed by atoms with E-state index in [4.69, 9.17) is 9.63 Å². The molecule has 114 valence electrons. The molecule has 0 saturated heterocycles. The fourth-order valence-corrected chi connectivity index (χ4v) is 1.71. The van der Waals surface area contributed by atoms with Gasteiger partial charge in [0, 0.05) is 18.2 Å². The molecule has 0 bridgehead atoms. The number of aliphatic hydroxyl groups excluding tert-OH is 1. The maximum Gasteiger partial charge on any atom is 0.273 e. The first-order chi connectivity index (χ1) is 9.40.